The number of hydrogen-bond donors (Lipinski definition) is 1. The maximum Gasteiger partial charge on any atom is 0.303 e. The summed E-state index contributed by atoms with van der Waals surface area (Å²) in [6.07, 6.45) is 43.0. The van der Waals surface area contributed by atoms with Crippen molar-refractivity contribution in [1.82, 2.24) is 0 Å². The highest BCUT2D eigenvalue weighted by molar-refractivity contribution is 5.66. The Morgan fingerprint density at radius 1 is 0.514 bits per heavy atom. The van der Waals surface area contributed by atoms with E-state index in [-0.39, 0.29) is 0 Å². The molecule has 0 aliphatic rings. The summed E-state index contributed by atoms with van der Waals surface area (Å²) in [7, 11) is 0. The van der Waals surface area contributed by atoms with Gasteiger partial charge in [-0.2, -0.15) is 0 Å². The molecule has 0 radical (unpaired) electrons. The molecule has 0 amide bonds. The van der Waals surface area contributed by atoms with Gasteiger partial charge in [-0.25, -0.2) is 0 Å². The third-order valence-electron chi connectivity index (χ3n) is 6.45. The predicted molar refractivity (Wildman–Crippen MR) is 163 cm³/mol. The summed E-state index contributed by atoms with van der Waals surface area (Å²) in [5.74, 6) is -0.660. The molecule has 1 N–H and O–H groups in total. The zero-order valence-corrected chi connectivity index (χ0v) is 24.8. The van der Waals surface area contributed by atoms with Gasteiger partial charge in [0.2, 0.25) is 0 Å². The normalized spacial score (nSPS) is 11.4. The molecule has 3 heteroatoms. The van der Waals surface area contributed by atoms with E-state index in [9.17, 15) is 9.59 Å². The monoisotopic (exact) mass is 518 g/mol. The summed E-state index contributed by atoms with van der Waals surface area (Å²) in [4.78, 5) is 20.4. The number of aldehydes is 1. The minimum Gasteiger partial charge on any atom is -0.481 e. The summed E-state index contributed by atoms with van der Waals surface area (Å²) in [5.41, 5.74) is 0. The molecule has 0 aliphatic carbocycles. The molecule has 0 heterocycles. The number of unbranched alkanes of at least 4 members (excludes halogenated alkanes) is 18. The number of carboxylic acids is 1. The smallest absolute Gasteiger partial charge is 0.303 e. The molecular formula is C34H62O3. The first-order valence-corrected chi connectivity index (χ1v) is 15.8. The second kappa shape index (κ2) is 36.5. The highest BCUT2D eigenvalue weighted by atomic mass is 16.4. The number of carbonyl (C=O) groups is 2. The van der Waals surface area contributed by atoms with Crippen molar-refractivity contribution >= 4 is 12.3 Å². The van der Waals surface area contributed by atoms with Crippen molar-refractivity contribution in [3.05, 3.63) is 36.5 Å². The van der Waals surface area contributed by atoms with Crippen LogP contribution >= 0.6 is 0 Å². The fourth-order valence-electron chi connectivity index (χ4n) is 4.12. The first-order chi connectivity index (χ1) is 18.2. The van der Waals surface area contributed by atoms with Gasteiger partial charge in [0.15, 0.2) is 0 Å². The highest BCUT2D eigenvalue weighted by Gasteiger charge is 1.96. The molecule has 0 aromatic rings. The fourth-order valence-corrected chi connectivity index (χ4v) is 4.12. The molecule has 0 unspecified atom stereocenters. The van der Waals surface area contributed by atoms with Gasteiger partial charge in [-0.3, -0.25) is 4.79 Å². The van der Waals surface area contributed by atoms with Gasteiger partial charge in [-0.15, -0.1) is 0 Å². The Balaban J connectivity index is 0. The van der Waals surface area contributed by atoms with Crippen molar-refractivity contribution in [3.8, 4) is 0 Å². The van der Waals surface area contributed by atoms with Crippen LogP contribution < -0.4 is 0 Å². The molecule has 0 bridgehead atoms. The Kier molecular flexibility index (Phi) is 37.0. The topological polar surface area (TPSA) is 54.4 Å². The molecule has 37 heavy (non-hydrogen) atoms. The van der Waals surface area contributed by atoms with Gasteiger partial charge in [0.25, 0.3) is 0 Å². The second-order valence-electron chi connectivity index (χ2n) is 10.2. The second-order valence-corrected chi connectivity index (χ2v) is 10.2. The maximum absolute atomic E-state index is 10.3. The molecule has 0 saturated carbocycles. The first kappa shape index (κ1) is 37.5. The zero-order chi connectivity index (χ0) is 27.5. The van der Waals surface area contributed by atoms with Crippen molar-refractivity contribution in [2.75, 3.05) is 0 Å². The van der Waals surface area contributed by atoms with Crippen LogP contribution in [0.2, 0.25) is 0 Å². The van der Waals surface area contributed by atoms with Gasteiger partial charge in [-0.1, -0.05) is 134 Å². The van der Waals surface area contributed by atoms with Crippen molar-refractivity contribution in [2.45, 2.75) is 168 Å². The van der Waals surface area contributed by atoms with Gasteiger partial charge in [-0.05, 0) is 57.8 Å². The van der Waals surface area contributed by atoms with Crippen LogP contribution in [0.25, 0.3) is 0 Å². The van der Waals surface area contributed by atoms with Crippen LogP contribution in [0, 0.1) is 0 Å². The fraction of sp³-hybridized carbons (Fsp3) is 0.765. The van der Waals surface area contributed by atoms with Crippen LogP contribution in [-0.4, -0.2) is 17.4 Å². The number of hydrogen-bond acceptors (Lipinski definition) is 2. The Hall–Kier alpha value is -1.64. The summed E-state index contributed by atoms with van der Waals surface area (Å²) >= 11 is 0. The third-order valence-corrected chi connectivity index (χ3v) is 6.45. The number of carboxylic acid groups (broad SMARTS) is 1. The van der Waals surface area contributed by atoms with Gasteiger partial charge in [0, 0.05) is 12.8 Å². The maximum atomic E-state index is 10.3. The first-order valence-electron chi connectivity index (χ1n) is 15.8. The average Bonchev–Trinajstić information content (AvgIpc) is 2.89. The van der Waals surface area contributed by atoms with Crippen LogP contribution in [-0.2, 0) is 9.59 Å². The van der Waals surface area contributed by atoms with Crippen LogP contribution in [0.1, 0.15) is 168 Å². The van der Waals surface area contributed by atoms with Crippen molar-refractivity contribution in [1.29, 1.82) is 0 Å². The molecule has 0 aliphatic heterocycles. The standard InChI is InChI=1S/C18H32O.C16H30O2/c1-2-3-4-5-6-7-8-9-10-11-12-13-14-15-16-17-18-19;1-2-3-4-5-6-7-8-9-10-11-12-13-14-15-16(17)18/h5-6,15-16,18H,2-4,7-14,17H2,1H3;3-4H,2,5-15H2,1H3,(H,17,18)/b6-5-,16-15+;4-3-. The van der Waals surface area contributed by atoms with Gasteiger partial charge >= 0.3 is 5.97 Å². The summed E-state index contributed by atoms with van der Waals surface area (Å²) < 4.78 is 0. The van der Waals surface area contributed by atoms with E-state index in [4.69, 9.17) is 5.11 Å². The van der Waals surface area contributed by atoms with Gasteiger partial charge in [0.1, 0.15) is 6.29 Å². The Morgan fingerprint density at radius 2 is 0.892 bits per heavy atom. The summed E-state index contributed by atoms with van der Waals surface area (Å²) in [6.45, 7) is 4.42. The Morgan fingerprint density at radius 3 is 1.30 bits per heavy atom. The molecule has 0 aromatic heterocycles. The zero-order valence-electron chi connectivity index (χ0n) is 24.8. The molecule has 216 valence electrons. The van der Waals surface area contributed by atoms with Crippen molar-refractivity contribution in [3.63, 3.8) is 0 Å². The lowest BCUT2D eigenvalue weighted by Crippen LogP contribution is -1.93. The molecule has 0 saturated heterocycles. The number of rotatable bonds is 27. The lowest BCUT2D eigenvalue weighted by molar-refractivity contribution is -0.137. The Labute approximate surface area is 231 Å². The quantitative estimate of drug-likeness (QED) is 0.0668. The molecule has 0 aromatic carbocycles. The minimum absolute atomic E-state index is 0.339. The van der Waals surface area contributed by atoms with E-state index in [1.165, 1.54) is 116 Å². The number of aliphatic carboxylic acids is 1. The molecular weight excluding hydrogens is 456 g/mol. The van der Waals surface area contributed by atoms with E-state index in [2.05, 4.69) is 44.2 Å². The molecule has 0 rings (SSSR count). The summed E-state index contributed by atoms with van der Waals surface area (Å²) in [6, 6.07) is 0. The minimum atomic E-state index is -0.660. The summed E-state index contributed by atoms with van der Waals surface area (Å²) in [5, 5.41) is 8.49. The lowest BCUT2D eigenvalue weighted by atomic mass is 10.1. The van der Waals surface area contributed by atoms with Crippen LogP contribution in [0.4, 0.5) is 0 Å². The molecule has 0 fully saturated rings. The molecule has 0 atom stereocenters. The van der Waals surface area contributed by atoms with E-state index in [0.29, 0.717) is 12.8 Å². The van der Waals surface area contributed by atoms with Crippen molar-refractivity contribution in [2.24, 2.45) is 0 Å². The number of carbonyl (C=O) groups excluding carboxylic acids is 1. The van der Waals surface area contributed by atoms with E-state index in [1.807, 2.05) is 6.08 Å². The van der Waals surface area contributed by atoms with E-state index in [1.54, 1.807) is 0 Å². The largest absolute Gasteiger partial charge is 0.481 e. The number of allylic oxidation sites excluding steroid dienone is 6. The molecule has 0 spiro atoms. The van der Waals surface area contributed by atoms with E-state index >= 15 is 0 Å². The lowest BCUT2D eigenvalue weighted by Gasteiger charge is -2.01. The van der Waals surface area contributed by atoms with E-state index < -0.39 is 5.97 Å². The van der Waals surface area contributed by atoms with Crippen molar-refractivity contribution < 1.29 is 14.7 Å². The van der Waals surface area contributed by atoms with Crippen LogP contribution in [0.5, 0.6) is 0 Å². The van der Waals surface area contributed by atoms with Crippen LogP contribution in [0.3, 0.4) is 0 Å². The predicted octanol–water partition coefficient (Wildman–Crippen LogP) is 11.3. The third kappa shape index (κ3) is 41.7. The SMILES string of the molecule is CC/C=C\CCCCCCCCCCCC(=O)O.CCCC/C=C\CCCCCCCC/C=C/CC=O. The highest BCUT2D eigenvalue weighted by Crippen LogP contribution is 2.12. The average molecular weight is 519 g/mol. The Bertz CT molecular complexity index is 533. The van der Waals surface area contributed by atoms with Crippen LogP contribution in [0.15, 0.2) is 36.5 Å². The molecule has 3 nitrogen and oxygen atoms in total. The van der Waals surface area contributed by atoms with Gasteiger partial charge in [0.05, 0.1) is 0 Å². The van der Waals surface area contributed by atoms with Gasteiger partial charge < -0.3 is 9.90 Å². The van der Waals surface area contributed by atoms with E-state index in [0.717, 1.165) is 32.0 Å².